The van der Waals surface area contributed by atoms with Crippen molar-refractivity contribution in [3.05, 3.63) is 35.4 Å². The van der Waals surface area contributed by atoms with Gasteiger partial charge in [-0.05, 0) is 31.1 Å². The lowest BCUT2D eigenvalue weighted by atomic mass is 10.1. The van der Waals surface area contributed by atoms with Gasteiger partial charge < -0.3 is 5.11 Å². The summed E-state index contributed by atoms with van der Waals surface area (Å²) in [5, 5.41) is 9.02. The highest BCUT2D eigenvalue weighted by atomic mass is 16.3. The highest BCUT2D eigenvalue weighted by Crippen LogP contribution is 2.13. The second kappa shape index (κ2) is 8.09. The zero-order valence-corrected chi connectivity index (χ0v) is 12.3. The van der Waals surface area contributed by atoms with Crippen molar-refractivity contribution in [2.45, 2.75) is 13.0 Å². The summed E-state index contributed by atoms with van der Waals surface area (Å²) in [5.41, 5.74) is 3.83. The molecule has 0 radical (unpaired) electrons. The van der Waals surface area contributed by atoms with Gasteiger partial charge in [0.25, 0.3) is 5.91 Å². The zero-order chi connectivity index (χ0) is 15.1. The van der Waals surface area contributed by atoms with Crippen molar-refractivity contribution in [2.24, 2.45) is 5.84 Å². The van der Waals surface area contributed by atoms with Crippen molar-refractivity contribution < 1.29 is 9.90 Å². The van der Waals surface area contributed by atoms with E-state index in [0.717, 1.165) is 51.3 Å². The first-order valence-corrected chi connectivity index (χ1v) is 7.39. The monoisotopic (exact) mass is 292 g/mol. The molecule has 0 aliphatic carbocycles. The summed E-state index contributed by atoms with van der Waals surface area (Å²) in [4.78, 5) is 16.4. The molecule has 1 aromatic carbocycles. The molecule has 1 aliphatic rings. The van der Waals surface area contributed by atoms with Crippen LogP contribution in [-0.2, 0) is 6.54 Å². The van der Waals surface area contributed by atoms with Crippen LogP contribution >= 0.6 is 0 Å². The Morgan fingerprint density at radius 2 is 1.90 bits per heavy atom. The Morgan fingerprint density at radius 1 is 1.19 bits per heavy atom. The van der Waals surface area contributed by atoms with E-state index in [4.69, 9.17) is 10.9 Å². The predicted octanol–water partition coefficient (Wildman–Crippen LogP) is -0.210. The van der Waals surface area contributed by atoms with E-state index in [0.29, 0.717) is 5.56 Å². The molecule has 4 N–H and O–H groups in total. The topological polar surface area (TPSA) is 81.8 Å². The third-order valence-electron chi connectivity index (χ3n) is 3.88. The molecule has 1 fully saturated rings. The summed E-state index contributed by atoms with van der Waals surface area (Å²) >= 11 is 0. The SMILES string of the molecule is NNC(=O)c1ccccc1CN1CCCN(CCO)CC1. The van der Waals surface area contributed by atoms with Gasteiger partial charge in [0.1, 0.15) is 0 Å². The molecule has 0 aromatic heterocycles. The summed E-state index contributed by atoms with van der Waals surface area (Å²) < 4.78 is 0. The van der Waals surface area contributed by atoms with Crippen LogP contribution < -0.4 is 11.3 Å². The minimum Gasteiger partial charge on any atom is -0.395 e. The summed E-state index contributed by atoms with van der Waals surface area (Å²) in [5.74, 6) is 4.99. The van der Waals surface area contributed by atoms with E-state index in [-0.39, 0.29) is 12.5 Å². The van der Waals surface area contributed by atoms with Crippen LogP contribution in [0.15, 0.2) is 24.3 Å². The van der Waals surface area contributed by atoms with Gasteiger partial charge in [0.2, 0.25) is 0 Å². The molecular weight excluding hydrogens is 268 g/mol. The maximum Gasteiger partial charge on any atom is 0.265 e. The van der Waals surface area contributed by atoms with Crippen LogP contribution in [0.3, 0.4) is 0 Å². The smallest absolute Gasteiger partial charge is 0.265 e. The number of hydrazine groups is 1. The Kier molecular flexibility index (Phi) is 6.13. The van der Waals surface area contributed by atoms with Crippen molar-refractivity contribution in [3.63, 3.8) is 0 Å². The summed E-state index contributed by atoms with van der Waals surface area (Å²) in [7, 11) is 0. The van der Waals surface area contributed by atoms with Gasteiger partial charge in [-0.15, -0.1) is 0 Å². The normalized spacial score (nSPS) is 17.4. The molecule has 0 unspecified atom stereocenters. The van der Waals surface area contributed by atoms with Gasteiger partial charge in [0, 0.05) is 31.7 Å². The van der Waals surface area contributed by atoms with Gasteiger partial charge in [-0.2, -0.15) is 0 Å². The summed E-state index contributed by atoms with van der Waals surface area (Å²) in [6.07, 6.45) is 1.07. The number of carbonyl (C=O) groups is 1. The number of aliphatic hydroxyl groups excluding tert-OH is 1. The number of hydrogen-bond acceptors (Lipinski definition) is 5. The minimum absolute atomic E-state index is 0.208. The Hall–Kier alpha value is -1.47. The Balaban J connectivity index is 2.00. The third-order valence-corrected chi connectivity index (χ3v) is 3.88. The van der Waals surface area contributed by atoms with Crippen LogP contribution in [0, 0.1) is 0 Å². The number of aliphatic hydroxyl groups is 1. The number of amides is 1. The Morgan fingerprint density at radius 3 is 2.67 bits per heavy atom. The lowest BCUT2D eigenvalue weighted by molar-refractivity contribution is 0.0951. The van der Waals surface area contributed by atoms with E-state index in [1.165, 1.54) is 0 Å². The Bertz CT molecular complexity index is 467. The Labute approximate surface area is 125 Å². The van der Waals surface area contributed by atoms with E-state index in [2.05, 4.69) is 15.2 Å². The molecule has 1 saturated heterocycles. The fourth-order valence-corrected chi connectivity index (χ4v) is 2.75. The molecule has 1 aromatic rings. The quantitative estimate of drug-likeness (QED) is 0.397. The zero-order valence-electron chi connectivity index (χ0n) is 12.3. The van der Waals surface area contributed by atoms with Gasteiger partial charge in [-0.1, -0.05) is 18.2 Å². The molecule has 1 amide bonds. The van der Waals surface area contributed by atoms with E-state index < -0.39 is 0 Å². The van der Waals surface area contributed by atoms with Gasteiger partial charge in [0.05, 0.1) is 6.61 Å². The van der Waals surface area contributed by atoms with Gasteiger partial charge >= 0.3 is 0 Å². The van der Waals surface area contributed by atoms with E-state index in [1.54, 1.807) is 6.07 Å². The molecule has 1 aliphatic heterocycles. The minimum atomic E-state index is -0.248. The van der Waals surface area contributed by atoms with Crippen molar-refractivity contribution in [1.29, 1.82) is 0 Å². The fraction of sp³-hybridized carbons (Fsp3) is 0.533. The number of nitrogens with zero attached hydrogens (tertiary/aromatic N) is 2. The average Bonchev–Trinajstić information content (AvgIpc) is 2.73. The molecule has 0 spiro atoms. The second-order valence-corrected chi connectivity index (χ2v) is 5.33. The molecule has 21 heavy (non-hydrogen) atoms. The van der Waals surface area contributed by atoms with E-state index in [1.807, 2.05) is 18.2 Å². The number of rotatable bonds is 5. The summed E-state index contributed by atoms with van der Waals surface area (Å²) in [6.45, 7) is 5.60. The second-order valence-electron chi connectivity index (χ2n) is 5.33. The lowest BCUT2D eigenvalue weighted by Crippen LogP contribution is -2.34. The number of nitrogens with two attached hydrogens (primary N) is 1. The van der Waals surface area contributed by atoms with E-state index >= 15 is 0 Å². The fourth-order valence-electron chi connectivity index (χ4n) is 2.75. The van der Waals surface area contributed by atoms with Gasteiger partial charge in [0.15, 0.2) is 0 Å². The first kappa shape index (κ1) is 15.9. The number of carbonyl (C=O) groups excluding carboxylic acids is 1. The molecule has 116 valence electrons. The average molecular weight is 292 g/mol. The highest BCUT2D eigenvalue weighted by molar-refractivity contribution is 5.95. The van der Waals surface area contributed by atoms with Crippen molar-refractivity contribution in [3.8, 4) is 0 Å². The molecule has 2 rings (SSSR count). The molecular formula is C15H24N4O2. The molecule has 6 heteroatoms. The largest absolute Gasteiger partial charge is 0.395 e. The van der Waals surface area contributed by atoms with Crippen molar-refractivity contribution in [2.75, 3.05) is 39.3 Å². The van der Waals surface area contributed by atoms with Crippen LogP contribution in [0.25, 0.3) is 0 Å². The number of β-amino-alcohol motifs (C(OH)–C–C–N with tert-alkyl or cyclic N) is 1. The van der Waals surface area contributed by atoms with Crippen LogP contribution in [0.5, 0.6) is 0 Å². The number of nitrogen functional groups attached to an aromatic ring is 1. The molecule has 6 nitrogen and oxygen atoms in total. The first-order valence-electron chi connectivity index (χ1n) is 7.39. The van der Waals surface area contributed by atoms with Crippen LogP contribution in [0.1, 0.15) is 22.3 Å². The van der Waals surface area contributed by atoms with Crippen molar-refractivity contribution in [1.82, 2.24) is 15.2 Å². The lowest BCUT2D eigenvalue weighted by Gasteiger charge is -2.22. The predicted molar refractivity (Wildman–Crippen MR) is 81.5 cm³/mol. The van der Waals surface area contributed by atoms with Crippen molar-refractivity contribution >= 4 is 5.91 Å². The maximum absolute atomic E-state index is 11.8. The molecule has 0 atom stereocenters. The standard InChI is InChI=1S/C15H24N4O2/c16-17-15(21)14-5-2-1-4-13(14)12-19-7-3-6-18(8-9-19)10-11-20/h1-2,4-5,20H,3,6-12,16H2,(H,17,21). The number of benzene rings is 1. The molecule has 1 heterocycles. The molecule has 0 bridgehead atoms. The van der Waals surface area contributed by atoms with Crippen LogP contribution in [-0.4, -0.2) is 60.1 Å². The number of nitrogens with one attached hydrogen (secondary N) is 1. The van der Waals surface area contributed by atoms with E-state index in [9.17, 15) is 4.79 Å². The first-order chi connectivity index (χ1) is 10.2. The molecule has 0 saturated carbocycles. The van der Waals surface area contributed by atoms with Crippen LogP contribution in [0.2, 0.25) is 0 Å². The van der Waals surface area contributed by atoms with Gasteiger partial charge in [-0.3, -0.25) is 20.0 Å². The highest BCUT2D eigenvalue weighted by Gasteiger charge is 2.17. The summed E-state index contributed by atoms with van der Waals surface area (Å²) in [6, 6.07) is 7.56. The number of hydrogen-bond donors (Lipinski definition) is 3. The van der Waals surface area contributed by atoms with Crippen LogP contribution in [0.4, 0.5) is 0 Å². The van der Waals surface area contributed by atoms with Gasteiger partial charge in [-0.25, -0.2) is 5.84 Å². The third kappa shape index (κ3) is 4.50. The maximum atomic E-state index is 11.8.